The van der Waals surface area contributed by atoms with Gasteiger partial charge >= 0.3 is 17.9 Å². The van der Waals surface area contributed by atoms with Gasteiger partial charge in [-0.3, -0.25) is 9.59 Å². The molecule has 10 heteroatoms. The van der Waals surface area contributed by atoms with Crippen molar-refractivity contribution in [3.63, 3.8) is 0 Å². The molecule has 0 saturated carbocycles. The van der Waals surface area contributed by atoms with Gasteiger partial charge in [-0.15, -0.1) is 0 Å². The summed E-state index contributed by atoms with van der Waals surface area (Å²) in [6, 6.07) is 2.96. The topological polar surface area (TPSA) is 145 Å². The quantitative estimate of drug-likeness (QED) is 0.220. The van der Waals surface area contributed by atoms with Crippen molar-refractivity contribution in [2.24, 2.45) is 0 Å². The predicted octanol–water partition coefficient (Wildman–Crippen LogP) is 0.645. The third-order valence-corrected chi connectivity index (χ3v) is 3.55. The molecule has 0 radical (unpaired) electrons. The van der Waals surface area contributed by atoms with Gasteiger partial charge in [0.15, 0.2) is 11.5 Å². The first-order valence-electron chi connectivity index (χ1n) is 8.73. The van der Waals surface area contributed by atoms with Gasteiger partial charge in [-0.1, -0.05) is 6.07 Å². The number of carbonyl (C=O) groups excluding carboxylic acids is 4. The maximum Gasteiger partial charge on any atom is 0.337 e. The fourth-order valence-corrected chi connectivity index (χ4v) is 2.32. The molecular formula is C19H23NO9. The number of methoxy groups -OCH3 is 1. The lowest BCUT2D eigenvalue weighted by molar-refractivity contribution is -0.142. The lowest BCUT2D eigenvalue weighted by Gasteiger charge is -2.16. The van der Waals surface area contributed by atoms with Crippen LogP contribution in [-0.2, 0) is 35.1 Å². The average Bonchev–Trinajstić information content (AvgIpc) is 2.63. The number of benzene rings is 1. The summed E-state index contributed by atoms with van der Waals surface area (Å²) >= 11 is 0. The summed E-state index contributed by atoms with van der Waals surface area (Å²) in [4.78, 5) is 56.6. The van der Waals surface area contributed by atoms with Crippen LogP contribution in [0.25, 0.3) is 0 Å². The van der Waals surface area contributed by atoms with Crippen LogP contribution in [-0.4, -0.2) is 55.0 Å². The van der Waals surface area contributed by atoms with E-state index in [2.05, 4.69) is 10.1 Å². The number of carboxylic acid groups (broad SMARTS) is 1. The Morgan fingerprint density at radius 3 is 2.48 bits per heavy atom. The third kappa shape index (κ3) is 8.98. The molecule has 1 rings (SSSR count). The van der Waals surface area contributed by atoms with Crippen molar-refractivity contribution in [1.82, 2.24) is 5.32 Å². The van der Waals surface area contributed by atoms with E-state index >= 15 is 0 Å². The molecule has 1 atom stereocenters. The monoisotopic (exact) mass is 409 g/mol. The van der Waals surface area contributed by atoms with Crippen molar-refractivity contribution in [2.75, 3.05) is 13.7 Å². The van der Waals surface area contributed by atoms with Crippen molar-refractivity contribution in [3.05, 3.63) is 23.8 Å². The minimum absolute atomic E-state index is 0.0181. The fourth-order valence-electron chi connectivity index (χ4n) is 2.32. The van der Waals surface area contributed by atoms with Crippen molar-refractivity contribution in [1.29, 1.82) is 0 Å². The number of nitrogens with one attached hydrogen (secondary N) is 1. The lowest BCUT2D eigenvalue weighted by atomic mass is 10.0. The second-order valence-electron chi connectivity index (χ2n) is 6.00. The Morgan fingerprint density at radius 2 is 1.90 bits per heavy atom. The van der Waals surface area contributed by atoms with Crippen LogP contribution in [0.2, 0.25) is 0 Å². The van der Waals surface area contributed by atoms with Crippen LogP contribution in [0, 0.1) is 0 Å². The molecule has 0 heterocycles. The SMILES string of the molecule is COCC(=O)Oc1cc(CC(NC(=O)CCCC=O)C(=O)O)ccc1OC(C)=O. The normalized spacial score (nSPS) is 11.2. The van der Waals surface area contributed by atoms with Gasteiger partial charge in [-0.05, 0) is 24.1 Å². The molecule has 0 aliphatic carbocycles. The van der Waals surface area contributed by atoms with E-state index in [1.54, 1.807) is 0 Å². The van der Waals surface area contributed by atoms with Gasteiger partial charge in [-0.2, -0.15) is 0 Å². The number of carboxylic acids is 1. The number of carbonyl (C=O) groups is 5. The van der Waals surface area contributed by atoms with E-state index in [1.165, 1.54) is 32.2 Å². The van der Waals surface area contributed by atoms with Crippen LogP contribution in [0.1, 0.15) is 31.7 Å². The van der Waals surface area contributed by atoms with Crippen LogP contribution < -0.4 is 14.8 Å². The number of rotatable bonds is 12. The molecule has 158 valence electrons. The van der Waals surface area contributed by atoms with Gasteiger partial charge in [0.05, 0.1) is 0 Å². The summed E-state index contributed by atoms with van der Waals surface area (Å²) in [5.41, 5.74) is 0.418. The van der Waals surface area contributed by atoms with E-state index in [1.807, 2.05) is 0 Å². The van der Waals surface area contributed by atoms with E-state index in [0.717, 1.165) is 0 Å². The first-order chi connectivity index (χ1) is 13.8. The maximum atomic E-state index is 11.9. The molecule has 1 aromatic rings. The van der Waals surface area contributed by atoms with Crippen LogP contribution in [0.3, 0.4) is 0 Å². The average molecular weight is 409 g/mol. The Kier molecular flexibility index (Phi) is 10.0. The Morgan fingerprint density at radius 1 is 1.17 bits per heavy atom. The predicted molar refractivity (Wildman–Crippen MR) is 98.4 cm³/mol. The maximum absolute atomic E-state index is 11.9. The molecule has 1 unspecified atom stereocenters. The van der Waals surface area contributed by atoms with Crippen molar-refractivity contribution in [3.8, 4) is 11.5 Å². The molecule has 0 bridgehead atoms. The largest absolute Gasteiger partial charge is 0.480 e. The number of esters is 2. The molecule has 0 fully saturated rings. The smallest absolute Gasteiger partial charge is 0.337 e. The van der Waals surface area contributed by atoms with Gasteiger partial charge in [0.2, 0.25) is 5.91 Å². The first-order valence-corrected chi connectivity index (χ1v) is 8.73. The van der Waals surface area contributed by atoms with Crippen LogP contribution >= 0.6 is 0 Å². The molecule has 1 amide bonds. The molecular weight excluding hydrogens is 386 g/mol. The van der Waals surface area contributed by atoms with E-state index in [0.29, 0.717) is 18.3 Å². The summed E-state index contributed by atoms with van der Waals surface area (Å²) < 4.78 is 14.8. The van der Waals surface area contributed by atoms with Gasteiger partial charge in [0.1, 0.15) is 18.9 Å². The fraction of sp³-hybridized carbons (Fsp3) is 0.421. The van der Waals surface area contributed by atoms with Crippen molar-refractivity contribution >= 4 is 30.1 Å². The van der Waals surface area contributed by atoms with Gasteiger partial charge in [0, 0.05) is 33.3 Å². The summed E-state index contributed by atoms with van der Waals surface area (Å²) in [5, 5.41) is 11.8. The summed E-state index contributed by atoms with van der Waals surface area (Å²) in [7, 11) is 1.31. The highest BCUT2D eigenvalue weighted by molar-refractivity contribution is 5.84. The van der Waals surface area contributed by atoms with E-state index in [9.17, 15) is 29.1 Å². The number of ether oxygens (including phenoxy) is 3. The zero-order chi connectivity index (χ0) is 21.8. The van der Waals surface area contributed by atoms with E-state index in [4.69, 9.17) is 9.47 Å². The van der Waals surface area contributed by atoms with Gasteiger partial charge < -0.3 is 29.4 Å². The second-order valence-corrected chi connectivity index (χ2v) is 6.00. The Labute approximate surface area is 167 Å². The number of unbranched alkanes of at least 4 members (excludes halogenated alkanes) is 1. The number of aldehydes is 1. The minimum atomic E-state index is -1.25. The lowest BCUT2D eigenvalue weighted by Crippen LogP contribution is -2.42. The molecule has 1 aromatic carbocycles. The third-order valence-electron chi connectivity index (χ3n) is 3.55. The van der Waals surface area contributed by atoms with Gasteiger partial charge in [0.25, 0.3) is 0 Å². The molecule has 0 aromatic heterocycles. The second kappa shape index (κ2) is 12.2. The number of aliphatic carboxylic acids is 1. The van der Waals surface area contributed by atoms with Crippen LogP contribution in [0.5, 0.6) is 11.5 Å². The Hall–Kier alpha value is -3.27. The number of hydrogen-bond acceptors (Lipinski definition) is 8. The zero-order valence-corrected chi connectivity index (χ0v) is 16.1. The zero-order valence-electron chi connectivity index (χ0n) is 16.1. The number of amides is 1. The molecule has 0 aliphatic rings. The Balaban J connectivity index is 2.97. The highest BCUT2D eigenvalue weighted by atomic mass is 16.6. The van der Waals surface area contributed by atoms with Crippen LogP contribution in [0.4, 0.5) is 0 Å². The highest BCUT2D eigenvalue weighted by Crippen LogP contribution is 2.29. The van der Waals surface area contributed by atoms with Crippen molar-refractivity contribution in [2.45, 2.75) is 38.6 Å². The van der Waals surface area contributed by atoms with E-state index < -0.39 is 29.9 Å². The summed E-state index contributed by atoms with van der Waals surface area (Å²) in [5.74, 6) is -3.22. The summed E-state index contributed by atoms with van der Waals surface area (Å²) in [6.45, 7) is 0.841. The minimum Gasteiger partial charge on any atom is -0.480 e. The van der Waals surface area contributed by atoms with Gasteiger partial charge in [-0.25, -0.2) is 9.59 Å². The molecule has 2 N–H and O–H groups in total. The molecule has 0 spiro atoms. The molecule has 10 nitrogen and oxygen atoms in total. The van der Waals surface area contributed by atoms with Crippen LogP contribution in [0.15, 0.2) is 18.2 Å². The number of hydrogen-bond donors (Lipinski definition) is 2. The molecule has 0 aliphatic heterocycles. The first kappa shape index (κ1) is 23.8. The Bertz CT molecular complexity index is 760. The summed E-state index contributed by atoms with van der Waals surface area (Å²) in [6.07, 6.45) is 1.12. The highest BCUT2D eigenvalue weighted by Gasteiger charge is 2.22. The molecule has 0 saturated heterocycles. The molecule has 29 heavy (non-hydrogen) atoms. The van der Waals surface area contributed by atoms with Crippen molar-refractivity contribution < 1.29 is 43.3 Å². The van der Waals surface area contributed by atoms with E-state index in [-0.39, 0.29) is 37.4 Å². The standard InChI is InChI=1S/C19H23NO9/c1-12(22)28-15-7-6-13(10-16(15)29-18(24)11-27-2)9-14(19(25)26)20-17(23)5-3-4-8-21/h6-8,10,14H,3-5,9,11H2,1-2H3,(H,20,23)(H,25,26).